The first-order valence-corrected chi connectivity index (χ1v) is 2.95. The van der Waals surface area contributed by atoms with Crippen LogP contribution in [0, 0.1) is 13.3 Å². The topological polar surface area (TPSA) is 0 Å². The number of hydrogen-bond acceptors (Lipinski definition) is 0. The molecule has 0 N–H and O–H groups in total. The largest absolute Gasteiger partial charge is 0.339 e. The van der Waals surface area contributed by atoms with Crippen molar-refractivity contribution < 1.29 is 8.78 Å². The molecular formula is C8H7F2. The van der Waals surface area contributed by atoms with Gasteiger partial charge in [0.05, 0.1) is 0 Å². The van der Waals surface area contributed by atoms with Gasteiger partial charge in [-0.3, -0.25) is 0 Å². The van der Waals surface area contributed by atoms with Gasteiger partial charge in [-0.15, -0.1) is 0 Å². The molecule has 0 amide bonds. The van der Waals surface area contributed by atoms with Crippen molar-refractivity contribution in [1.29, 1.82) is 0 Å². The summed E-state index contributed by atoms with van der Waals surface area (Å²) in [5, 5.41) is 0. The second kappa shape index (κ2) is 2.78. The Morgan fingerprint density at radius 3 is 2.00 bits per heavy atom. The summed E-state index contributed by atoms with van der Waals surface area (Å²) in [7, 11) is 0. The minimum absolute atomic E-state index is 0.00519. The zero-order valence-electron chi connectivity index (χ0n) is 5.57. The van der Waals surface area contributed by atoms with E-state index in [1.807, 2.05) is 6.92 Å². The van der Waals surface area contributed by atoms with Gasteiger partial charge >= 0.3 is 6.43 Å². The van der Waals surface area contributed by atoms with Crippen molar-refractivity contribution in [2.45, 2.75) is 6.92 Å². The van der Waals surface area contributed by atoms with Crippen LogP contribution in [0.1, 0.15) is 11.1 Å². The van der Waals surface area contributed by atoms with Gasteiger partial charge in [0.1, 0.15) is 0 Å². The van der Waals surface area contributed by atoms with Gasteiger partial charge in [-0.25, -0.2) is 0 Å². The fourth-order valence-corrected chi connectivity index (χ4v) is 0.680. The van der Waals surface area contributed by atoms with Crippen LogP contribution in [0.3, 0.4) is 0 Å². The Labute approximate surface area is 58.5 Å². The van der Waals surface area contributed by atoms with Gasteiger partial charge in [0.15, 0.2) is 0 Å². The summed E-state index contributed by atoms with van der Waals surface area (Å²) in [5.74, 6) is 0. The quantitative estimate of drug-likeness (QED) is 0.564. The molecule has 53 valence electrons. The van der Waals surface area contributed by atoms with Gasteiger partial charge in [-0.05, 0) is 6.92 Å². The van der Waals surface area contributed by atoms with Crippen LogP contribution in [0.4, 0.5) is 8.78 Å². The van der Waals surface area contributed by atoms with E-state index in [4.69, 9.17) is 0 Å². The molecule has 1 radical (unpaired) electrons. The van der Waals surface area contributed by atoms with Crippen molar-refractivity contribution in [2.75, 3.05) is 0 Å². The summed E-state index contributed by atoms with van der Waals surface area (Å²) in [4.78, 5) is 0. The van der Waals surface area contributed by atoms with Gasteiger partial charge in [0.25, 0.3) is 0 Å². The molecule has 0 heterocycles. The zero-order valence-corrected chi connectivity index (χ0v) is 5.57. The highest BCUT2D eigenvalue weighted by Crippen LogP contribution is 2.16. The average molecular weight is 141 g/mol. The fraction of sp³-hybridized carbons (Fsp3) is 0.125. The van der Waals surface area contributed by atoms with Crippen molar-refractivity contribution in [3.8, 4) is 0 Å². The molecule has 1 aromatic carbocycles. The van der Waals surface area contributed by atoms with E-state index in [1.165, 1.54) is 12.1 Å². The van der Waals surface area contributed by atoms with Gasteiger partial charge < -0.3 is 0 Å². The SMILES string of the molecule is Cc1ccc([C](F)F)cc1. The lowest BCUT2D eigenvalue weighted by Gasteiger charge is -1.95. The summed E-state index contributed by atoms with van der Waals surface area (Å²) in [6.45, 7) is 1.86. The lowest BCUT2D eigenvalue weighted by atomic mass is 10.2. The van der Waals surface area contributed by atoms with Crippen molar-refractivity contribution in [3.05, 3.63) is 41.8 Å². The van der Waals surface area contributed by atoms with Crippen LogP contribution >= 0.6 is 0 Å². The highest BCUT2D eigenvalue weighted by Gasteiger charge is 2.06. The second-order valence-electron chi connectivity index (χ2n) is 2.13. The number of rotatable bonds is 1. The molecule has 0 aromatic heterocycles. The molecule has 0 saturated heterocycles. The predicted molar refractivity (Wildman–Crippen MR) is 35.7 cm³/mol. The van der Waals surface area contributed by atoms with E-state index in [0.717, 1.165) is 5.56 Å². The Morgan fingerprint density at radius 1 is 1.10 bits per heavy atom. The molecule has 0 fully saturated rings. The molecule has 0 aliphatic heterocycles. The molecule has 0 unspecified atom stereocenters. The number of aryl methyl sites for hydroxylation is 1. The molecule has 0 atom stereocenters. The molecular weight excluding hydrogens is 134 g/mol. The molecule has 10 heavy (non-hydrogen) atoms. The normalized spacial score (nSPS) is 10.4. The Bertz CT molecular complexity index is 201. The third-order valence-electron chi connectivity index (χ3n) is 1.27. The summed E-state index contributed by atoms with van der Waals surface area (Å²) in [6.07, 6.45) is -1.62. The number of hydrogen-bond donors (Lipinski definition) is 0. The summed E-state index contributed by atoms with van der Waals surface area (Å²) in [5.41, 5.74) is 0.996. The predicted octanol–water partition coefficient (Wildman–Crippen LogP) is 2.77. The standard InChI is InChI=1S/C8H7F2/c1-6-2-4-7(5-3-6)8(9)10/h2-5H,1H3. The van der Waals surface area contributed by atoms with E-state index in [1.54, 1.807) is 12.1 Å². The van der Waals surface area contributed by atoms with E-state index in [2.05, 4.69) is 0 Å². The van der Waals surface area contributed by atoms with Crippen LogP contribution in [-0.4, -0.2) is 0 Å². The number of halogens is 2. The molecule has 0 spiro atoms. The maximum atomic E-state index is 11.8. The Morgan fingerprint density at radius 2 is 1.60 bits per heavy atom. The molecule has 1 aromatic rings. The fourth-order valence-electron chi connectivity index (χ4n) is 0.680. The van der Waals surface area contributed by atoms with Crippen LogP contribution in [-0.2, 0) is 0 Å². The van der Waals surface area contributed by atoms with Gasteiger partial charge in [0.2, 0.25) is 0 Å². The lowest BCUT2D eigenvalue weighted by Crippen LogP contribution is -1.83. The third kappa shape index (κ3) is 1.53. The minimum Gasteiger partial charge on any atom is -0.194 e. The maximum absolute atomic E-state index is 11.8. The maximum Gasteiger partial charge on any atom is 0.339 e. The molecule has 0 aliphatic rings. The van der Waals surface area contributed by atoms with E-state index >= 15 is 0 Å². The Hall–Kier alpha value is -0.920. The minimum atomic E-state index is -1.62. The summed E-state index contributed by atoms with van der Waals surface area (Å²) < 4.78 is 23.6. The van der Waals surface area contributed by atoms with Crippen molar-refractivity contribution in [3.63, 3.8) is 0 Å². The van der Waals surface area contributed by atoms with E-state index in [9.17, 15) is 8.78 Å². The Balaban J connectivity index is 2.89. The van der Waals surface area contributed by atoms with Crippen molar-refractivity contribution in [1.82, 2.24) is 0 Å². The number of benzene rings is 1. The van der Waals surface area contributed by atoms with Crippen LogP contribution in [0.2, 0.25) is 0 Å². The molecule has 0 nitrogen and oxygen atoms in total. The third-order valence-corrected chi connectivity index (χ3v) is 1.27. The van der Waals surface area contributed by atoms with Crippen LogP contribution in [0.5, 0.6) is 0 Å². The lowest BCUT2D eigenvalue weighted by molar-refractivity contribution is 0.325. The average Bonchev–Trinajstić information content (AvgIpc) is 1.88. The summed E-state index contributed by atoms with van der Waals surface area (Å²) >= 11 is 0. The first-order valence-electron chi connectivity index (χ1n) is 2.95. The second-order valence-corrected chi connectivity index (χ2v) is 2.13. The zero-order chi connectivity index (χ0) is 7.56. The van der Waals surface area contributed by atoms with E-state index in [0.29, 0.717) is 0 Å². The monoisotopic (exact) mass is 141 g/mol. The van der Waals surface area contributed by atoms with Crippen LogP contribution in [0.15, 0.2) is 24.3 Å². The van der Waals surface area contributed by atoms with E-state index < -0.39 is 6.43 Å². The van der Waals surface area contributed by atoms with Gasteiger partial charge in [0, 0.05) is 5.56 Å². The molecule has 0 bridgehead atoms. The van der Waals surface area contributed by atoms with Gasteiger partial charge in [-0.2, -0.15) is 8.78 Å². The highest BCUT2D eigenvalue weighted by atomic mass is 19.3. The first-order chi connectivity index (χ1) is 4.70. The Kier molecular flexibility index (Phi) is 2.00. The van der Waals surface area contributed by atoms with E-state index in [-0.39, 0.29) is 5.56 Å². The van der Waals surface area contributed by atoms with Crippen LogP contribution < -0.4 is 0 Å². The summed E-state index contributed by atoms with van der Waals surface area (Å²) in [6, 6.07) is 6.14. The van der Waals surface area contributed by atoms with Crippen molar-refractivity contribution >= 4 is 0 Å². The highest BCUT2D eigenvalue weighted by molar-refractivity contribution is 5.27. The van der Waals surface area contributed by atoms with Crippen molar-refractivity contribution in [2.24, 2.45) is 0 Å². The smallest absolute Gasteiger partial charge is 0.194 e. The van der Waals surface area contributed by atoms with Gasteiger partial charge in [-0.1, -0.05) is 29.8 Å². The first kappa shape index (κ1) is 7.19. The molecule has 1 rings (SSSR count). The molecule has 0 saturated carbocycles. The van der Waals surface area contributed by atoms with Crippen LogP contribution in [0.25, 0.3) is 0 Å². The molecule has 2 heteroatoms. The molecule has 0 aliphatic carbocycles.